The van der Waals surface area contributed by atoms with Crippen molar-refractivity contribution in [1.82, 2.24) is 10.3 Å². The monoisotopic (exact) mass is 324 g/mol. The number of hydrogen-bond acceptors (Lipinski definition) is 3. The summed E-state index contributed by atoms with van der Waals surface area (Å²) in [6.07, 6.45) is 4.94. The van der Waals surface area contributed by atoms with Gasteiger partial charge < -0.3 is 5.32 Å². The summed E-state index contributed by atoms with van der Waals surface area (Å²) >= 11 is 5.26. The van der Waals surface area contributed by atoms with E-state index in [1.807, 2.05) is 12.4 Å². The van der Waals surface area contributed by atoms with Crippen molar-refractivity contribution in [3.63, 3.8) is 0 Å². The fourth-order valence-electron chi connectivity index (χ4n) is 1.95. The van der Waals surface area contributed by atoms with Gasteiger partial charge in [-0.1, -0.05) is 6.92 Å². The standard InChI is InChI=1S/C14H17BrN2S/c1-3-5-17-14(11-7-13(15)18-9-11)12-8-16-6-4-10(12)2/h4,6-9,14,17H,3,5H2,1-2H3. The molecule has 1 atom stereocenters. The van der Waals surface area contributed by atoms with Gasteiger partial charge in [-0.25, -0.2) is 0 Å². The Morgan fingerprint density at radius 2 is 2.33 bits per heavy atom. The fourth-order valence-corrected chi connectivity index (χ4v) is 3.15. The van der Waals surface area contributed by atoms with Crippen LogP contribution in [-0.4, -0.2) is 11.5 Å². The summed E-state index contributed by atoms with van der Waals surface area (Å²) in [5, 5.41) is 5.80. The van der Waals surface area contributed by atoms with Gasteiger partial charge in [0, 0.05) is 12.4 Å². The smallest absolute Gasteiger partial charge is 0.0701 e. The molecule has 1 N–H and O–H groups in total. The number of nitrogens with zero attached hydrogens (tertiary/aromatic N) is 1. The number of halogens is 1. The van der Waals surface area contributed by atoms with Gasteiger partial charge in [-0.15, -0.1) is 11.3 Å². The molecule has 0 saturated heterocycles. The molecule has 2 rings (SSSR count). The molecule has 0 spiro atoms. The topological polar surface area (TPSA) is 24.9 Å². The highest BCUT2D eigenvalue weighted by Crippen LogP contribution is 2.30. The molecule has 0 aromatic carbocycles. The van der Waals surface area contributed by atoms with Gasteiger partial charge >= 0.3 is 0 Å². The van der Waals surface area contributed by atoms with Crippen LogP contribution in [0, 0.1) is 6.92 Å². The molecule has 0 saturated carbocycles. The highest BCUT2D eigenvalue weighted by Gasteiger charge is 2.16. The van der Waals surface area contributed by atoms with Crippen LogP contribution in [0.25, 0.3) is 0 Å². The van der Waals surface area contributed by atoms with Crippen LogP contribution in [0.15, 0.2) is 33.7 Å². The zero-order valence-corrected chi connectivity index (χ0v) is 13.0. The summed E-state index contributed by atoms with van der Waals surface area (Å²) in [5.41, 5.74) is 3.84. The Hall–Kier alpha value is -0.710. The predicted molar refractivity (Wildman–Crippen MR) is 81.1 cm³/mol. The van der Waals surface area contributed by atoms with Crippen LogP contribution in [0.1, 0.15) is 36.1 Å². The Balaban J connectivity index is 2.33. The van der Waals surface area contributed by atoms with Crippen LogP contribution < -0.4 is 5.32 Å². The van der Waals surface area contributed by atoms with Gasteiger partial charge in [-0.3, -0.25) is 4.98 Å². The van der Waals surface area contributed by atoms with Crippen LogP contribution in [0.4, 0.5) is 0 Å². The van der Waals surface area contributed by atoms with E-state index in [0.717, 1.165) is 13.0 Å². The molecule has 0 aliphatic carbocycles. The molecular formula is C14H17BrN2S. The highest BCUT2D eigenvalue weighted by molar-refractivity contribution is 9.11. The van der Waals surface area contributed by atoms with E-state index in [9.17, 15) is 0 Å². The number of aromatic nitrogens is 1. The molecule has 0 radical (unpaired) electrons. The summed E-state index contributed by atoms with van der Waals surface area (Å²) < 4.78 is 1.17. The van der Waals surface area contributed by atoms with E-state index in [-0.39, 0.29) is 6.04 Å². The van der Waals surface area contributed by atoms with Crippen LogP contribution in [0.2, 0.25) is 0 Å². The van der Waals surface area contributed by atoms with E-state index in [4.69, 9.17) is 0 Å². The van der Waals surface area contributed by atoms with Crippen molar-refractivity contribution in [2.45, 2.75) is 26.3 Å². The van der Waals surface area contributed by atoms with E-state index in [0.29, 0.717) is 0 Å². The zero-order valence-electron chi connectivity index (χ0n) is 10.6. The molecule has 1 unspecified atom stereocenters. The van der Waals surface area contributed by atoms with Gasteiger partial charge in [0.05, 0.1) is 9.83 Å². The Bertz CT molecular complexity index is 510. The van der Waals surface area contributed by atoms with E-state index in [1.165, 1.54) is 20.5 Å². The minimum absolute atomic E-state index is 0.237. The van der Waals surface area contributed by atoms with Gasteiger partial charge in [-0.2, -0.15) is 0 Å². The molecule has 96 valence electrons. The van der Waals surface area contributed by atoms with Crippen LogP contribution in [-0.2, 0) is 0 Å². The molecule has 0 fully saturated rings. The maximum absolute atomic E-state index is 4.26. The molecule has 0 amide bonds. The van der Waals surface area contributed by atoms with Gasteiger partial charge in [0.15, 0.2) is 0 Å². The lowest BCUT2D eigenvalue weighted by Crippen LogP contribution is -2.23. The highest BCUT2D eigenvalue weighted by atomic mass is 79.9. The lowest BCUT2D eigenvalue weighted by Gasteiger charge is -2.19. The molecular weight excluding hydrogens is 308 g/mol. The van der Waals surface area contributed by atoms with E-state index in [1.54, 1.807) is 11.3 Å². The molecule has 4 heteroatoms. The second kappa shape index (κ2) is 6.45. The van der Waals surface area contributed by atoms with Crippen molar-refractivity contribution in [3.05, 3.63) is 50.4 Å². The van der Waals surface area contributed by atoms with Crippen LogP contribution >= 0.6 is 27.3 Å². The second-order valence-electron chi connectivity index (χ2n) is 4.30. The molecule has 2 heterocycles. The van der Waals surface area contributed by atoms with Crippen molar-refractivity contribution >= 4 is 27.3 Å². The minimum Gasteiger partial charge on any atom is -0.306 e. The first-order valence-electron chi connectivity index (χ1n) is 6.10. The third-order valence-corrected chi connectivity index (χ3v) is 4.43. The van der Waals surface area contributed by atoms with Crippen molar-refractivity contribution in [1.29, 1.82) is 0 Å². The third-order valence-electron chi connectivity index (χ3n) is 2.91. The summed E-state index contributed by atoms with van der Waals surface area (Å²) in [5.74, 6) is 0. The van der Waals surface area contributed by atoms with E-state index >= 15 is 0 Å². The Morgan fingerprint density at radius 1 is 1.50 bits per heavy atom. The molecule has 0 aliphatic heterocycles. The number of pyridine rings is 1. The zero-order chi connectivity index (χ0) is 13.0. The summed E-state index contributed by atoms with van der Waals surface area (Å²) in [6, 6.07) is 4.49. The Morgan fingerprint density at radius 3 is 2.94 bits per heavy atom. The summed E-state index contributed by atoms with van der Waals surface area (Å²) in [7, 11) is 0. The molecule has 18 heavy (non-hydrogen) atoms. The third kappa shape index (κ3) is 3.19. The molecule has 2 aromatic heterocycles. The largest absolute Gasteiger partial charge is 0.306 e. The molecule has 0 aliphatic rings. The summed E-state index contributed by atoms with van der Waals surface area (Å²) in [6.45, 7) is 5.33. The van der Waals surface area contributed by atoms with Gasteiger partial charge in [-0.05, 0) is 70.0 Å². The van der Waals surface area contributed by atoms with Crippen molar-refractivity contribution in [2.75, 3.05) is 6.54 Å². The van der Waals surface area contributed by atoms with E-state index in [2.05, 4.69) is 57.6 Å². The molecule has 2 nitrogen and oxygen atoms in total. The first-order valence-corrected chi connectivity index (χ1v) is 7.77. The SMILES string of the molecule is CCCNC(c1csc(Br)c1)c1cnccc1C. The van der Waals surface area contributed by atoms with Crippen LogP contribution in [0.3, 0.4) is 0 Å². The first-order chi connectivity index (χ1) is 8.72. The second-order valence-corrected chi connectivity index (χ2v) is 6.59. The average molecular weight is 325 g/mol. The van der Waals surface area contributed by atoms with Gasteiger partial charge in [0.1, 0.15) is 0 Å². The maximum atomic E-state index is 4.26. The maximum Gasteiger partial charge on any atom is 0.0701 e. The minimum atomic E-state index is 0.237. The quantitative estimate of drug-likeness (QED) is 0.886. The van der Waals surface area contributed by atoms with Crippen molar-refractivity contribution in [3.8, 4) is 0 Å². The van der Waals surface area contributed by atoms with Gasteiger partial charge in [0.2, 0.25) is 0 Å². The number of nitrogens with one attached hydrogen (secondary N) is 1. The van der Waals surface area contributed by atoms with Crippen molar-refractivity contribution < 1.29 is 0 Å². The average Bonchev–Trinajstić information content (AvgIpc) is 2.78. The molecule has 0 bridgehead atoms. The number of hydrogen-bond donors (Lipinski definition) is 1. The first kappa shape index (κ1) is 13.7. The number of thiophene rings is 1. The molecule has 2 aromatic rings. The van der Waals surface area contributed by atoms with Crippen LogP contribution in [0.5, 0.6) is 0 Å². The number of rotatable bonds is 5. The van der Waals surface area contributed by atoms with Crippen molar-refractivity contribution in [2.24, 2.45) is 0 Å². The Labute approximate surface area is 121 Å². The lowest BCUT2D eigenvalue weighted by atomic mass is 9.99. The van der Waals surface area contributed by atoms with E-state index < -0.39 is 0 Å². The van der Waals surface area contributed by atoms with Gasteiger partial charge in [0.25, 0.3) is 0 Å². The fraction of sp³-hybridized carbons (Fsp3) is 0.357. The Kier molecular flexibility index (Phi) is 4.92. The normalized spacial score (nSPS) is 12.6. The number of aryl methyl sites for hydroxylation is 1. The summed E-state index contributed by atoms with van der Waals surface area (Å²) in [4.78, 5) is 4.26. The predicted octanol–water partition coefficient (Wildman–Crippen LogP) is 4.30. The lowest BCUT2D eigenvalue weighted by molar-refractivity contribution is 0.596.